The van der Waals surface area contributed by atoms with Crippen molar-refractivity contribution in [2.75, 3.05) is 17.7 Å². The third kappa shape index (κ3) is 6.64. The number of carbonyl (C=O) groups excluding carboxylic acids is 1. The summed E-state index contributed by atoms with van der Waals surface area (Å²) < 4.78 is 68.5. The van der Waals surface area contributed by atoms with Crippen LogP contribution in [0.1, 0.15) is 25.0 Å². The summed E-state index contributed by atoms with van der Waals surface area (Å²) in [6, 6.07) is 9.44. The van der Waals surface area contributed by atoms with Crippen LogP contribution in [0.25, 0.3) is 0 Å². The average Bonchev–Trinajstić information content (AvgIpc) is 2.85. The van der Waals surface area contributed by atoms with E-state index in [1.54, 1.807) is 45.0 Å². The summed E-state index contributed by atoms with van der Waals surface area (Å²) in [5.74, 6) is -1.57. The number of sulfone groups is 1. The maximum atomic E-state index is 12.8. The van der Waals surface area contributed by atoms with Crippen molar-refractivity contribution in [3.63, 3.8) is 0 Å². The van der Waals surface area contributed by atoms with Crippen LogP contribution in [0.15, 0.2) is 47.5 Å². The molecule has 0 fully saturated rings. The van der Waals surface area contributed by atoms with Gasteiger partial charge in [0, 0.05) is 6.54 Å². The highest BCUT2D eigenvalue weighted by atomic mass is 35.5. The number of halogens is 4. The molecule has 1 aromatic heterocycles. The molecule has 204 valence electrons. The lowest BCUT2D eigenvalue weighted by atomic mass is 10.1. The number of alkyl halides is 3. The van der Waals surface area contributed by atoms with Crippen LogP contribution in [0.2, 0.25) is 5.02 Å². The molecule has 0 aliphatic heterocycles. The van der Waals surface area contributed by atoms with Crippen LogP contribution in [-0.4, -0.2) is 42.8 Å². The summed E-state index contributed by atoms with van der Waals surface area (Å²) in [5.41, 5.74) is 1.65. The fourth-order valence-corrected chi connectivity index (χ4v) is 4.64. The first-order valence-corrected chi connectivity index (χ1v) is 13.1. The van der Waals surface area contributed by atoms with Crippen molar-refractivity contribution in [2.24, 2.45) is 0 Å². The van der Waals surface area contributed by atoms with Crippen molar-refractivity contribution in [1.29, 1.82) is 0 Å². The molecule has 3 rings (SSSR count). The lowest BCUT2D eigenvalue weighted by Crippen LogP contribution is -2.36. The monoisotopic (exact) mass is 571 g/mol. The number of methoxy groups -OCH3 is 1. The van der Waals surface area contributed by atoms with Gasteiger partial charge in [-0.2, -0.15) is 18.2 Å². The number of ether oxygens (including phenoxy) is 1. The Morgan fingerprint density at radius 1 is 1.13 bits per heavy atom. The number of rotatable bonds is 9. The maximum Gasteiger partial charge on any atom is 0.471 e. The molecular weight excluding hydrogens is 547 g/mol. The molecule has 2 aromatic carbocycles. The van der Waals surface area contributed by atoms with Crippen LogP contribution < -0.4 is 20.7 Å². The zero-order valence-corrected chi connectivity index (χ0v) is 22.3. The minimum atomic E-state index is -4.99. The van der Waals surface area contributed by atoms with E-state index in [9.17, 15) is 26.4 Å². The van der Waals surface area contributed by atoms with Crippen molar-refractivity contribution in [2.45, 2.75) is 43.6 Å². The molecule has 0 bridgehead atoms. The molecule has 14 heteroatoms. The van der Waals surface area contributed by atoms with Crippen molar-refractivity contribution in [3.05, 3.63) is 58.7 Å². The predicted octanol–water partition coefficient (Wildman–Crippen LogP) is 5.29. The van der Waals surface area contributed by atoms with E-state index in [0.717, 1.165) is 0 Å². The van der Waals surface area contributed by atoms with E-state index in [4.69, 9.17) is 16.3 Å². The summed E-state index contributed by atoms with van der Waals surface area (Å²) in [7, 11) is -2.23. The van der Waals surface area contributed by atoms with Gasteiger partial charge in [-0.05, 0) is 56.2 Å². The quantitative estimate of drug-likeness (QED) is 0.316. The Labute approximate surface area is 222 Å². The second-order valence-corrected chi connectivity index (χ2v) is 11.3. The molecule has 3 aromatic rings. The molecule has 0 aliphatic rings. The molecule has 0 saturated carbocycles. The van der Waals surface area contributed by atoms with E-state index in [1.165, 1.54) is 25.4 Å². The molecule has 9 nitrogen and oxygen atoms in total. The molecule has 0 aliphatic carbocycles. The lowest BCUT2D eigenvalue weighted by Gasteiger charge is -2.17. The van der Waals surface area contributed by atoms with Gasteiger partial charge in [-0.15, -0.1) is 0 Å². The van der Waals surface area contributed by atoms with E-state index in [1.807, 2.05) is 5.32 Å². The molecular formula is C24H25ClF3N5O4S. The van der Waals surface area contributed by atoms with Crippen LogP contribution in [0.5, 0.6) is 5.75 Å². The zero-order valence-electron chi connectivity index (χ0n) is 20.8. The number of hydrogen-bond donors (Lipinski definition) is 3. The van der Waals surface area contributed by atoms with Crippen molar-refractivity contribution in [1.82, 2.24) is 15.3 Å². The fourth-order valence-electron chi connectivity index (χ4n) is 3.30. The van der Waals surface area contributed by atoms with Crippen LogP contribution in [0, 0.1) is 6.92 Å². The highest BCUT2D eigenvalue weighted by Crippen LogP contribution is 2.33. The summed E-state index contributed by atoms with van der Waals surface area (Å²) in [6.45, 7) is 4.46. The van der Waals surface area contributed by atoms with Gasteiger partial charge in [0.15, 0.2) is 15.7 Å². The summed E-state index contributed by atoms with van der Waals surface area (Å²) in [6.07, 6.45) is -3.67. The van der Waals surface area contributed by atoms with Crippen molar-refractivity contribution < 1.29 is 31.1 Å². The Hall–Kier alpha value is -3.58. The minimum absolute atomic E-state index is 0.0805. The number of hydrogen-bond acceptors (Lipinski definition) is 8. The number of anilines is 4. The first-order chi connectivity index (χ1) is 17.7. The topological polar surface area (TPSA) is 122 Å². The molecule has 0 radical (unpaired) electrons. The van der Waals surface area contributed by atoms with Crippen LogP contribution in [-0.2, 0) is 21.2 Å². The number of benzene rings is 2. The van der Waals surface area contributed by atoms with Gasteiger partial charge in [-0.1, -0.05) is 23.7 Å². The van der Waals surface area contributed by atoms with E-state index in [2.05, 4.69) is 20.6 Å². The highest BCUT2D eigenvalue weighted by Gasteiger charge is 2.38. The number of carbonyl (C=O) groups is 1. The largest absolute Gasteiger partial charge is 0.495 e. The second-order valence-electron chi connectivity index (χ2n) is 8.39. The third-order valence-electron chi connectivity index (χ3n) is 5.41. The first-order valence-electron chi connectivity index (χ1n) is 11.2. The molecule has 0 unspecified atom stereocenters. The Morgan fingerprint density at radius 2 is 1.82 bits per heavy atom. The van der Waals surface area contributed by atoms with Gasteiger partial charge in [0.2, 0.25) is 5.95 Å². The standard InChI is InChI=1S/C24H25ClF3N5O4S/c1-13(2)38(35,36)20-8-6-5-7-17(20)31-21-16(25)12-30-23(33-21)32-18-9-14(3)15(10-19(18)37-4)11-29-22(34)24(26,27)28/h5-10,12-13H,11H2,1-4H3,(H,29,34)(H2,30,31,32,33). The Kier molecular flexibility index (Phi) is 8.72. The van der Waals surface area contributed by atoms with Crippen LogP contribution >= 0.6 is 11.6 Å². The van der Waals surface area contributed by atoms with Crippen molar-refractivity contribution >= 4 is 50.5 Å². The number of aromatic nitrogens is 2. The van der Waals surface area contributed by atoms with Gasteiger partial charge in [-0.3, -0.25) is 4.79 Å². The number of nitrogens with one attached hydrogen (secondary N) is 3. The lowest BCUT2D eigenvalue weighted by molar-refractivity contribution is -0.173. The normalized spacial score (nSPS) is 11.8. The molecule has 3 N–H and O–H groups in total. The number of nitrogens with zero attached hydrogens (tertiary/aromatic N) is 2. The number of aryl methyl sites for hydroxylation is 1. The second kappa shape index (κ2) is 11.4. The molecule has 1 heterocycles. The van der Waals surface area contributed by atoms with Crippen LogP contribution in [0.4, 0.5) is 36.3 Å². The van der Waals surface area contributed by atoms with E-state index in [-0.39, 0.29) is 39.7 Å². The summed E-state index contributed by atoms with van der Waals surface area (Å²) in [5, 5.41) is 7.23. The molecule has 0 spiro atoms. The predicted molar refractivity (Wildman–Crippen MR) is 138 cm³/mol. The summed E-state index contributed by atoms with van der Waals surface area (Å²) in [4.78, 5) is 19.7. The number of amides is 1. The van der Waals surface area contributed by atoms with Crippen molar-refractivity contribution in [3.8, 4) is 5.75 Å². The molecule has 0 saturated heterocycles. The third-order valence-corrected chi connectivity index (χ3v) is 7.90. The van der Waals surface area contributed by atoms with E-state index < -0.39 is 27.2 Å². The van der Waals surface area contributed by atoms with Gasteiger partial charge < -0.3 is 20.7 Å². The molecule has 38 heavy (non-hydrogen) atoms. The highest BCUT2D eigenvalue weighted by molar-refractivity contribution is 7.92. The Bertz CT molecular complexity index is 1450. The Morgan fingerprint density at radius 3 is 2.45 bits per heavy atom. The average molecular weight is 572 g/mol. The SMILES string of the molecule is COc1cc(CNC(=O)C(F)(F)F)c(C)cc1Nc1ncc(Cl)c(Nc2ccccc2S(=O)(=O)C(C)C)n1. The number of para-hydroxylation sites is 1. The fraction of sp³-hybridized carbons (Fsp3) is 0.292. The van der Waals surface area contributed by atoms with Crippen LogP contribution in [0.3, 0.4) is 0 Å². The summed E-state index contributed by atoms with van der Waals surface area (Å²) >= 11 is 6.27. The van der Waals surface area contributed by atoms with E-state index >= 15 is 0 Å². The Balaban J connectivity index is 1.88. The van der Waals surface area contributed by atoms with Gasteiger partial charge >= 0.3 is 12.1 Å². The van der Waals surface area contributed by atoms with E-state index in [0.29, 0.717) is 16.8 Å². The smallest absolute Gasteiger partial charge is 0.471 e. The molecule has 0 atom stereocenters. The first kappa shape index (κ1) is 29.0. The van der Waals surface area contributed by atoms with Gasteiger partial charge in [0.05, 0.1) is 34.8 Å². The van der Waals surface area contributed by atoms with Gasteiger partial charge in [0.25, 0.3) is 0 Å². The minimum Gasteiger partial charge on any atom is -0.495 e. The maximum absolute atomic E-state index is 12.8. The van der Waals surface area contributed by atoms with Gasteiger partial charge in [-0.25, -0.2) is 13.4 Å². The van der Waals surface area contributed by atoms with Gasteiger partial charge in [0.1, 0.15) is 10.8 Å². The molecule has 1 amide bonds. The zero-order chi connectivity index (χ0) is 28.3.